The van der Waals surface area contributed by atoms with Crippen LogP contribution in [0.15, 0.2) is 24.3 Å². The van der Waals surface area contributed by atoms with E-state index in [4.69, 9.17) is 10.5 Å². The molecule has 0 spiro atoms. The molecule has 2 nitrogen and oxygen atoms in total. The number of hydrogen-bond acceptors (Lipinski definition) is 2. The summed E-state index contributed by atoms with van der Waals surface area (Å²) in [6.45, 7) is 4.15. The van der Waals surface area contributed by atoms with E-state index < -0.39 is 0 Å². The zero-order valence-corrected chi connectivity index (χ0v) is 12.3. The summed E-state index contributed by atoms with van der Waals surface area (Å²) < 4.78 is 6.33. The monoisotopic (exact) mass is 261 g/mol. The van der Waals surface area contributed by atoms with E-state index in [2.05, 4.69) is 31.2 Å². The number of nitrogens with two attached hydrogens (primary N) is 1. The summed E-state index contributed by atoms with van der Waals surface area (Å²) in [5.74, 6) is 0. The van der Waals surface area contributed by atoms with Crippen molar-refractivity contribution in [3.8, 4) is 0 Å². The minimum atomic E-state index is 0.0312. The van der Waals surface area contributed by atoms with Gasteiger partial charge in [-0.1, -0.05) is 55.5 Å². The molecule has 2 unspecified atom stereocenters. The first-order chi connectivity index (χ1) is 9.16. The highest BCUT2D eigenvalue weighted by molar-refractivity contribution is 5.24. The van der Waals surface area contributed by atoms with E-state index in [1.165, 1.54) is 49.7 Å². The van der Waals surface area contributed by atoms with Gasteiger partial charge in [-0.05, 0) is 32.3 Å². The van der Waals surface area contributed by atoms with Crippen LogP contribution in [0.4, 0.5) is 0 Å². The Morgan fingerprint density at radius 2 is 1.63 bits per heavy atom. The molecule has 0 bridgehead atoms. The Balaban J connectivity index is 2.04. The Bertz CT molecular complexity index is 363. The highest BCUT2D eigenvalue weighted by atomic mass is 16.5. The third-order valence-electron chi connectivity index (χ3n) is 4.02. The summed E-state index contributed by atoms with van der Waals surface area (Å²) in [5.41, 5.74) is 8.63. The first kappa shape index (κ1) is 14.5. The lowest BCUT2D eigenvalue weighted by Gasteiger charge is -2.27. The molecule has 0 saturated heterocycles. The Morgan fingerprint density at radius 1 is 1.05 bits per heavy atom. The molecule has 2 rings (SSSR count). The van der Waals surface area contributed by atoms with Crippen LogP contribution in [0.25, 0.3) is 0 Å². The van der Waals surface area contributed by atoms with E-state index in [0.717, 1.165) is 0 Å². The van der Waals surface area contributed by atoms with Crippen molar-refractivity contribution in [2.45, 2.75) is 70.6 Å². The second-order valence-corrected chi connectivity index (χ2v) is 5.94. The van der Waals surface area contributed by atoms with Crippen molar-refractivity contribution < 1.29 is 4.74 Å². The van der Waals surface area contributed by atoms with Crippen molar-refractivity contribution in [3.05, 3.63) is 35.4 Å². The standard InChI is InChI=1S/C17H27NO/c1-13-9-11-15(12-10-13)17(14(2)18)19-16-7-5-3-4-6-8-16/h9-12,14,16-17H,3-8,18H2,1-2H3. The van der Waals surface area contributed by atoms with Crippen molar-refractivity contribution in [2.75, 3.05) is 0 Å². The molecule has 0 heterocycles. The van der Waals surface area contributed by atoms with Crippen molar-refractivity contribution in [1.82, 2.24) is 0 Å². The van der Waals surface area contributed by atoms with E-state index in [0.29, 0.717) is 6.10 Å². The normalized spacial score (nSPS) is 20.8. The second kappa shape index (κ2) is 7.06. The molecule has 1 aliphatic carbocycles. The molecule has 2 atom stereocenters. The summed E-state index contributed by atoms with van der Waals surface area (Å²) in [5, 5.41) is 0. The summed E-state index contributed by atoms with van der Waals surface area (Å²) in [6, 6.07) is 8.62. The Labute approximate surface area is 117 Å². The van der Waals surface area contributed by atoms with Crippen molar-refractivity contribution in [2.24, 2.45) is 5.73 Å². The van der Waals surface area contributed by atoms with Crippen LogP contribution in [-0.4, -0.2) is 12.1 Å². The van der Waals surface area contributed by atoms with Crippen LogP contribution >= 0.6 is 0 Å². The van der Waals surface area contributed by atoms with Crippen LogP contribution in [-0.2, 0) is 4.74 Å². The van der Waals surface area contributed by atoms with E-state index in [-0.39, 0.29) is 12.1 Å². The number of aryl methyl sites for hydroxylation is 1. The topological polar surface area (TPSA) is 35.2 Å². The van der Waals surface area contributed by atoms with Crippen LogP contribution in [0.3, 0.4) is 0 Å². The first-order valence-corrected chi connectivity index (χ1v) is 7.64. The molecule has 106 valence electrons. The zero-order chi connectivity index (χ0) is 13.7. The average molecular weight is 261 g/mol. The van der Waals surface area contributed by atoms with E-state index in [1.807, 2.05) is 6.92 Å². The zero-order valence-electron chi connectivity index (χ0n) is 12.3. The molecule has 1 fully saturated rings. The Morgan fingerprint density at radius 3 is 2.16 bits per heavy atom. The van der Waals surface area contributed by atoms with Crippen molar-refractivity contribution in [1.29, 1.82) is 0 Å². The lowest BCUT2D eigenvalue weighted by atomic mass is 10.0. The molecular formula is C17H27NO. The maximum Gasteiger partial charge on any atom is 0.0976 e. The molecular weight excluding hydrogens is 234 g/mol. The molecule has 1 aliphatic rings. The van der Waals surface area contributed by atoms with Gasteiger partial charge in [0.05, 0.1) is 12.2 Å². The quantitative estimate of drug-likeness (QED) is 0.827. The molecule has 2 heteroatoms. The molecule has 1 saturated carbocycles. The van der Waals surface area contributed by atoms with Crippen molar-refractivity contribution in [3.63, 3.8) is 0 Å². The molecule has 0 radical (unpaired) electrons. The lowest BCUT2D eigenvalue weighted by Crippen LogP contribution is -2.30. The highest BCUT2D eigenvalue weighted by Crippen LogP contribution is 2.28. The number of ether oxygens (including phenoxy) is 1. The van der Waals surface area contributed by atoms with Crippen LogP contribution < -0.4 is 5.73 Å². The van der Waals surface area contributed by atoms with Crippen molar-refractivity contribution >= 4 is 0 Å². The molecule has 1 aromatic carbocycles. The van der Waals surface area contributed by atoms with Gasteiger partial charge in [-0.15, -0.1) is 0 Å². The van der Waals surface area contributed by atoms with Gasteiger partial charge < -0.3 is 10.5 Å². The molecule has 0 aromatic heterocycles. The van der Waals surface area contributed by atoms with Crippen LogP contribution in [0.2, 0.25) is 0 Å². The van der Waals surface area contributed by atoms with Crippen LogP contribution in [0, 0.1) is 6.92 Å². The third-order valence-corrected chi connectivity index (χ3v) is 4.02. The summed E-state index contributed by atoms with van der Waals surface area (Å²) in [7, 11) is 0. The SMILES string of the molecule is Cc1ccc(C(OC2CCCCCC2)C(C)N)cc1. The second-order valence-electron chi connectivity index (χ2n) is 5.94. The average Bonchev–Trinajstić information content (AvgIpc) is 2.65. The lowest BCUT2D eigenvalue weighted by molar-refractivity contribution is -0.0309. The van der Waals surface area contributed by atoms with Crippen LogP contribution in [0.1, 0.15) is 62.7 Å². The molecule has 0 amide bonds. The van der Waals surface area contributed by atoms with E-state index >= 15 is 0 Å². The summed E-state index contributed by atoms with van der Waals surface area (Å²) in [6.07, 6.45) is 8.10. The van der Waals surface area contributed by atoms with Gasteiger partial charge in [-0.3, -0.25) is 0 Å². The maximum absolute atomic E-state index is 6.33. The minimum absolute atomic E-state index is 0.0312. The largest absolute Gasteiger partial charge is 0.369 e. The third kappa shape index (κ3) is 4.32. The molecule has 0 aliphatic heterocycles. The number of hydrogen-bond donors (Lipinski definition) is 1. The van der Waals surface area contributed by atoms with Gasteiger partial charge in [0.2, 0.25) is 0 Å². The van der Waals surface area contributed by atoms with Gasteiger partial charge in [0, 0.05) is 6.04 Å². The smallest absolute Gasteiger partial charge is 0.0976 e. The fraction of sp³-hybridized carbons (Fsp3) is 0.647. The van der Waals surface area contributed by atoms with Gasteiger partial charge in [0.1, 0.15) is 0 Å². The number of rotatable bonds is 4. The van der Waals surface area contributed by atoms with E-state index in [1.54, 1.807) is 0 Å². The van der Waals surface area contributed by atoms with E-state index in [9.17, 15) is 0 Å². The summed E-state index contributed by atoms with van der Waals surface area (Å²) in [4.78, 5) is 0. The van der Waals surface area contributed by atoms with Gasteiger partial charge in [-0.25, -0.2) is 0 Å². The van der Waals surface area contributed by atoms with Gasteiger partial charge >= 0.3 is 0 Å². The molecule has 1 aromatic rings. The Hall–Kier alpha value is -0.860. The maximum atomic E-state index is 6.33. The summed E-state index contributed by atoms with van der Waals surface area (Å²) >= 11 is 0. The van der Waals surface area contributed by atoms with Crippen LogP contribution in [0.5, 0.6) is 0 Å². The molecule has 2 N–H and O–H groups in total. The fourth-order valence-electron chi connectivity index (χ4n) is 2.85. The van der Waals surface area contributed by atoms with Gasteiger partial charge in [0.25, 0.3) is 0 Å². The first-order valence-electron chi connectivity index (χ1n) is 7.64. The Kier molecular flexibility index (Phi) is 5.41. The predicted octanol–water partition coefficient (Wildman–Crippen LogP) is 4.12. The predicted molar refractivity (Wildman–Crippen MR) is 80.1 cm³/mol. The fourth-order valence-corrected chi connectivity index (χ4v) is 2.85. The molecule has 19 heavy (non-hydrogen) atoms. The van der Waals surface area contributed by atoms with Gasteiger partial charge in [-0.2, -0.15) is 0 Å². The minimum Gasteiger partial charge on any atom is -0.369 e. The number of benzene rings is 1. The van der Waals surface area contributed by atoms with Gasteiger partial charge in [0.15, 0.2) is 0 Å². The highest BCUT2D eigenvalue weighted by Gasteiger charge is 2.22.